The van der Waals surface area contributed by atoms with E-state index in [9.17, 15) is 10.1 Å². The third-order valence-electron chi connectivity index (χ3n) is 4.25. The molecular weight excluding hydrogens is 413 g/mol. The van der Waals surface area contributed by atoms with Crippen molar-refractivity contribution >= 4 is 51.8 Å². The lowest BCUT2D eigenvalue weighted by Gasteiger charge is -2.09. The highest BCUT2D eigenvalue weighted by Gasteiger charge is 2.21. The van der Waals surface area contributed by atoms with E-state index in [-0.39, 0.29) is 12.2 Å². The van der Waals surface area contributed by atoms with Gasteiger partial charge in [0.1, 0.15) is 5.84 Å². The van der Waals surface area contributed by atoms with Crippen molar-refractivity contribution < 1.29 is 4.92 Å². The Bertz CT molecular complexity index is 1020. The Balaban J connectivity index is 2.07. The number of alkyl halides is 1. The number of hydrazone groups is 1. The van der Waals surface area contributed by atoms with Crippen LogP contribution in [0.25, 0.3) is 0 Å². The quantitative estimate of drug-likeness (QED) is 0.297. The van der Waals surface area contributed by atoms with Crippen molar-refractivity contribution in [2.24, 2.45) is 15.1 Å². The highest BCUT2D eigenvalue weighted by Crippen LogP contribution is 2.31. The summed E-state index contributed by atoms with van der Waals surface area (Å²) < 4.78 is 0. The summed E-state index contributed by atoms with van der Waals surface area (Å²) in [5, 5.41) is 16.1. The molecule has 150 valence electrons. The van der Waals surface area contributed by atoms with Gasteiger partial charge in [0.25, 0.3) is 5.69 Å². The van der Waals surface area contributed by atoms with Crippen LogP contribution in [0.1, 0.15) is 30.9 Å². The second-order valence-corrected chi connectivity index (χ2v) is 7.01. The highest BCUT2D eigenvalue weighted by molar-refractivity contribution is 6.36. The summed E-state index contributed by atoms with van der Waals surface area (Å²) in [6, 6.07) is 11.7. The lowest BCUT2D eigenvalue weighted by Crippen LogP contribution is -2.23. The molecular formula is C20H19Cl2N5O2. The van der Waals surface area contributed by atoms with Gasteiger partial charge < -0.3 is 0 Å². The van der Waals surface area contributed by atoms with Crippen LogP contribution in [0.3, 0.4) is 0 Å². The van der Waals surface area contributed by atoms with Crippen molar-refractivity contribution in [2.75, 3.05) is 12.4 Å². The number of benzene rings is 2. The van der Waals surface area contributed by atoms with E-state index >= 15 is 0 Å². The second kappa shape index (κ2) is 9.62. The predicted molar refractivity (Wildman–Crippen MR) is 118 cm³/mol. The Hall–Kier alpha value is -2.77. The Labute approximate surface area is 178 Å². The molecule has 1 aliphatic rings. The van der Waals surface area contributed by atoms with E-state index in [0.29, 0.717) is 39.3 Å². The Morgan fingerprint density at radius 1 is 1.28 bits per heavy atom. The van der Waals surface area contributed by atoms with Crippen molar-refractivity contribution in [1.82, 2.24) is 5.43 Å². The van der Waals surface area contributed by atoms with Gasteiger partial charge in [-0.15, -0.1) is 11.6 Å². The monoisotopic (exact) mass is 431 g/mol. The molecule has 2 aromatic rings. The molecule has 29 heavy (non-hydrogen) atoms. The average molecular weight is 432 g/mol. The van der Waals surface area contributed by atoms with E-state index in [4.69, 9.17) is 23.2 Å². The lowest BCUT2D eigenvalue weighted by molar-refractivity contribution is -0.384. The molecule has 0 amide bonds. The van der Waals surface area contributed by atoms with Gasteiger partial charge in [-0.25, -0.2) is 4.99 Å². The zero-order chi connectivity index (χ0) is 20.8. The van der Waals surface area contributed by atoms with Crippen LogP contribution in [0.15, 0.2) is 57.6 Å². The molecule has 0 spiro atoms. The number of hydrogen-bond donors (Lipinski definition) is 1. The second-order valence-electron chi connectivity index (χ2n) is 6.34. The number of hydrogen-bond acceptors (Lipinski definition) is 6. The van der Waals surface area contributed by atoms with Crippen LogP contribution < -0.4 is 5.43 Å². The summed E-state index contributed by atoms with van der Waals surface area (Å²) in [4.78, 5) is 20.1. The Kier molecular flexibility index (Phi) is 6.95. The number of fused-ring (bicyclic) bond motifs is 1. The highest BCUT2D eigenvalue weighted by atomic mass is 35.5. The molecule has 1 aliphatic heterocycles. The molecule has 9 heteroatoms. The fourth-order valence-electron chi connectivity index (χ4n) is 2.87. The van der Waals surface area contributed by atoms with E-state index in [1.165, 1.54) is 12.1 Å². The van der Waals surface area contributed by atoms with Gasteiger partial charge in [0.2, 0.25) is 0 Å². The van der Waals surface area contributed by atoms with Crippen LogP contribution in [-0.4, -0.2) is 34.6 Å². The normalized spacial score (nSPS) is 13.8. The molecule has 0 aliphatic carbocycles. The first-order valence-electron chi connectivity index (χ1n) is 9.06. The Morgan fingerprint density at radius 3 is 2.76 bits per heavy atom. The number of halogens is 2. The maximum absolute atomic E-state index is 11.3. The fraction of sp³-hybridized carbons (Fsp3) is 0.250. The minimum Gasteiger partial charge on any atom is -0.276 e. The number of aliphatic imine (C=N–C) groups is 2. The summed E-state index contributed by atoms with van der Waals surface area (Å²) in [6.45, 7) is 2.27. The standard InChI is InChI=1S/C20H19Cl2N5O2/c1-2-5-13(11-21)25-26-19-12-23-20(15-6-3-4-7-17(15)22)16-10-14(27(28)29)8-9-18(16)24-19/h3-4,6-10H,2,5,11-12H2,1H3,(H,24,26). The molecule has 0 aromatic heterocycles. The number of nitrogens with zero attached hydrogens (tertiary/aromatic N) is 4. The zero-order valence-corrected chi connectivity index (χ0v) is 17.2. The van der Waals surface area contributed by atoms with Crippen LogP contribution in [0.2, 0.25) is 5.02 Å². The molecule has 3 rings (SSSR count). The number of rotatable bonds is 6. The molecule has 0 bridgehead atoms. The molecule has 7 nitrogen and oxygen atoms in total. The fourth-order valence-corrected chi connectivity index (χ4v) is 3.29. The van der Waals surface area contributed by atoms with E-state index in [1.54, 1.807) is 12.1 Å². The predicted octanol–water partition coefficient (Wildman–Crippen LogP) is 5.11. The van der Waals surface area contributed by atoms with Crippen molar-refractivity contribution in [1.29, 1.82) is 0 Å². The maximum atomic E-state index is 11.3. The van der Waals surface area contributed by atoms with Gasteiger partial charge in [-0.1, -0.05) is 43.1 Å². The van der Waals surface area contributed by atoms with E-state index in [1.807, 2.05) is 18.2 Å². The number of amidine groups is 1. The third kappa shape index (κ3) is 4.99. The summed E-state index contributed by atoms with van der Waals surface area (Å²) in [5.74, 6) is 0.839. The van der Waals surface area contributed by atoms with Crippen LogP contribution >= 0.6 is 23.2 Å². The lowest BCUT2D eigenvalue weighted by atomic mass is 10.00. The van der Waals surface area contributed by atoms with Gasteiger partial charge in [-0.05, 0) is 18.6 Å². The Morgan fingerprint density at radius 2 is 2.07 bits per heavy atom. The number of nitrogens with one attached hydrogen (secondary N) is 1. The van der Waals surface area contributed by atoms with Crippen molar-refractivity contribution in [3.05, 3.63) is 68.7 Å². The van der Waals surface area contributed by atoms with E-state index < -0.39 is 4.92 Å². The molecule has 1 heterocycles. The minimum absolute atomic E-state index is 0.0412. The average Bonchev–Trinajstić information content (AvgIpc) is 2.90. The molecule has 0 atom stereocenters. The number of non-ortho nitro benzene ring substituents is 1. The smallest absolute Gasteiger partial charge is 0.270 e. The van der Waals surface area contributed by atoms with Crippen LogP contribution in [-0.2, 0) is 0 Å². The van der Waals surface area contributed by atoms with Crippen molar-refractivity contribution in [3.8, 4) is 0 Å². The molecule has 0 radical (unpaired) electrons. The first-order valence-corrected chi connectivity index (χ1v) is 9.97. The molecule has 1 N–H and O–H groups in total. The van der Waals surface area contributed by atoms with Crippen LogP contribution in [0.4, 0.5) is 11.4 Å². The van der Waals surface area contributed by atoms with Crippen molar-refractivity contribution in [2.45, 2.75) is 19.8 Å². The summed E-state index contributed by atoms with van der Waals surface area (Å²) in [5.41, 5.74) is 6.04. The molecule has 0 fully saturated rings. The summed E-state index contributed by atoms with van der Waals surface area (Å²) in [7, 11) is 0. The van der Waals surface area contributed by atoms with Gasteiger partial charge >= 0.3 is 0 Å². The van der Waals surface area contributed by atoms with Crippen LogP contribution in [0.5, 0.6) is 0 Å². The van der Waals surface area contributed by atoms with Crippen molar-refractivity contribution in [3.63, 3.8) is 0 Å². The number of nitro benzene ring substituents is 1. The molecule has 0 unspecified atom stereocenters. The van der Waals surface area contributed by atoms with Gasteiger partial charge in [-0.3, -0.25) is 20.5 Å². The SMILES string of the molecule is CCCC(CCl)=NNC1=Nc2ccc([N+](=O)[O-])cc2C(c2ccccc2Cl)=NC1. The first kappa shape index (κ1) is 21.0. The maximum Gasteiger partial charge on any atom is 0.270 e. The van der Waals surface area contributed by atoms with E-state index in [0.717, 1.165) is 18.6 Å². The largest absolute Gasteiger partial charge is 0.276 e. The first-order chi connectivity index (χ1) is 14.0. The zero-order valence-electron chi connectivity index (χ0n) is 15.7. The minimum atomic E-state index is -0.444. The number of nitro groups is 1. The van der Waals surface area contributed by atoms with Gasteiger partial charge in [0.05, 0.1) is 34.5 Å². The summed E-state index contributed by atoms with van der Waals surface area (Å²) >= 11 is 12.3. The van der Waals surface area contributed by atoms with Crippen LogP contribution in [0, 0.1) is 10.1 Å². The summed E-state index contributed by atoms with van der Waals surface area (Å²) in [6.07, 6.45) is 1.71. The van der Waals surface area contributed by atoms with E-state index in [2.05, 4.69) is 27.4 Å². The molecule has 2 aromatic carbocycles. The van der Waals surface area contributed by atoms with Gasteiger partial charge in [-0.2, -0.15) is 5.10 Å². The molecule has 0 saturated carbocycles. The third-order valence-corrected chi connectivity index (χ3v) is 4.89. The molecule has 0 saturated heterocycles. The van der Waals surface area contributed by atoms with Gasteiger partial charge in [0.15, 0.2) is 0 Å². The topological polar surface area (TPSA) is 92.2 Å². The van der Waals surface area contributed by atoms with Gasteiger partial charge in [0, 0.05) is 28.3 Å².